The normalized spacial score (nSPS) is 24.5. The number of hydrogen-bond acceptors (Lipinski definition) is 4. The summed E-state index contributed by atoms with van der Waals surface area (Å²) in [4.78, 5) is 23.6. The van der Waals surface area contributed by atoms with Crippen molar-refractivity contribution in [1.82, 2.24) is 4.90 Å². The number of nitro groups is 1. The molecule has 1 aromatic rings. The number of aliphatic carboxylic acids is 1. The van der Waals surface area contributed by atoms with E-state index in [1.807, 2.05) is 19.9 Å². The predicted octanol–water partition coefficient (Wildman–Crippen LogP) is 2.31. The summed E-state index contributed by atoms with van der Waals surface area (Å²) in [5.41, 5.74) is 0.911. The Morgan fingerprint density at radius 2 is 2.20 bits per heavy atom. The molecule has 108 valence electrons. The van der Waals surface area contributed by atoms with E-state index < -0.39 is 10.9 Å². The Morgan fingerprint density at radius 3 is 2.75 bits per heavy atom. The summed E-state index contributed by atoms with van der Waals surface area (Å²) in [6, 6.07) is 6.50. The zero-order valence-corrected chi connectivity index (χ0v) is 11.5. The fraction of sp³-hybridized carbons (Fsp3) is 0.500. The average Bonchev–Trinajstić information content (AvgIpc) is 2.80. The number of nitrogens with zero attached hydrogens (tertiary/aromatic N) is 2. The molecule has 1 heterocycles. The van der Waals surface area contributed by atoms with Gasteiger partial charge in [0.25, 0.3) is 5.69 Å². The third-order valence-electron chi connectivity index (χ3n) is 4.07. The van der Waals surface area contributed by atoms with Crippen LogP contribution in [0.2, 0.25) is 0 Å². The molecular formula is C14H18N2O4. The van der Waals surface area contributed by atoms with Gasteiger partial charge in [0.05, 0.1) is 10.8 Å². The van der Waals surface area contributed by atoms with Gasteiger partial charge in [0, 0.05) is 31.3 Å². The number of likely N-dealkylation sites (tertiary alicyclic amines) is 1. The monoisotopic (exact) mass is 278 g/mol. The molecule has 1 aliphatic rings. The van der Waals surface area contributed by atoms with Gasteiger partial charge in [-0.1, -0.05) is 19.1 Å². The van der Waals surface area contributed by atoms with E-state index in [0.29, 0.717) is 13.1 Å². The van der Waals surface area contributed by atoms with E-state index in [0.717, 1.165) is 5.56 Å². The van der Waals surface area contributed by atoms with Gasteiger partial charge in [0.15, 0.2) is 0 Å². The third kappa shape index (κ3) is 2.80. The van der Waals surface area contributed by atoms with Crippen LogP contribution in [0.1, 0.15) is 25.5 Å². The van der Waals surface area contributed by atoms with Crippen LogP contribution in [0.25, 0.3) is 0 Å². The Morgan fingerprint density at radius 1 is 1.50 bits per heavy atom. The van der Waals surface area contributed by atoms with Crippen molar-refractivity contribution >= 4 is 11.7 Å². The second kappa shape index (κ2) is 5.58. The summed E-state index contributed by atoms with van der Waals surface area (Å²) < 4.78 is 0. The van der Waals surface area contributed by atoms with Crippen molar-refractivity contribution in [1.29, 1.82) is 0 Å². The molecular weight excluding hydrogens is 260 g/mol. The van der Waals surface area contributed by atoms with Gasteiger partial charge in [-0.3, -0.25) is 19.8 Å². The molecule has 3 unspecified atom stereocenters. The van der Waals surface area contributed by atoms with Crippen molar-refractivity contribution in [2.75, 3.05) is 13.1 Å². The maximum absolute atomic E-state index is 11.1. The number of carboxylic acid groups (broad SMARTS) is 1. The molecule has 0 aliphatic carbocycles. The molecule has 1 N–H and O–H groups in total. The molecule has 6 nitrogen and oxygen atoms in total. The summed E-state index contributed by atoms with van der Waals surface area (Å²) in [6.45, 7) is 5.07. The highest BCUT2D eigenvalue weighted by Gasteiger charge is 2.36. The first-order valence-corrected chi connectivity index (χ1v) is 6.61. The number of carbonyl (C=O) groups is 1. The number of carboxylic acids is 1. The van der Waals surface area contributed by atoms with Crippen LogP contribution in [-0.2, 0) is 4.79 Å². The first-order chi connectivity index (χ1) is 9.40. The van der Waals surface area contributed by atoms with Crippen LogP contribution in [-0.4, -0.2) is 34.0 Å². The number of non-ortho nitro benzene ring substituents is 1. The molecule has 0 spiro atoms. The second-order valence-electron chi connectivity index (χ2n) is 5.40. The number of nitro benzene ring substituents is 1. The molecule has 0 bridgehead atoms. The van der Waals surface area contributed by atoms with Gasteiger partial charge < -0.3 is 5.11 Å². The first kappa shape index (κ1) is 14.5. The molecule has 0 aromatic heterocycles. The van der Waals surface area contributed by atoms with Crippen molar-refractivity contribution in [2.24, 2.45) is 11.8 Å². The van der Waals surface area contributed by atoms with Crippen molar-refractivity contribution in [3.05, 3.63) is 39.9 Å². The first-order valence-electron chi connectivity index (χ1n) is 6.61. The van der Waals surface area contributed by atoms with Gasteiger partial charge in [-0.2, -0.15) is 0 Å². The molecule has 20 heavy (non-hydrogen) atoms. The fourth-order valence-electron chi connectivity index (χ4n) is 2.75. The molecule has 0 radical (unpaired) electrons. The van der Waals surface area contributed by atoms with Crippen LogP contribution in [0.4, 0.5) is 5.69 Å². The SMILES string of the molecule is CC1CN(C(C)c2cccc([N+](=O)[O-])c2)CC1C(=O)O. The van der Waals surface area contributed by atoms with Gasteiger partial charge in [-0.05, 0) is 18.4 Å². The Balaban J connectivity index is 2.16. The number of benzene rings is 1. The standard InChI is InChI=1S/C14H18N2O4/c1-9-7-15(8-13(9)14(17)18)10(2)11-4-3-5-12(6-11)16(19)20/h3-6,9-10,13H,7-8H2,1-2H3,(H,17,18). The molecule has 2 rings (SSSR count). The van der Waals surface area contributed by atoms with Gasteiger partial charge >= 0.3 is 5.97 Å². The van der Waals surface area contributed by atoms with Gasteiger partial charge in [-0.25, -0.2) is 0 Å². The number of rotatable bonds is 4. The fourth-order valence-corrected chi connectivity index (χ4v) is 2.75. The molecule has 1 aromatic carbocycles. The summed E-state index contributed by atoms with van der Waals surface area (Å²) in [5, 5.41) is 20.0. The Bertz CT molecular complexity index is 532. The minimum atomic E-state index is -0.772. The van der Waals surface area contributed by atoms with Gasteiger partial charge in [0.1, 0.15) is 0 Å². The molecule has 1 aliphatic heterocycles. The summed E-state index contributed by atoms with van der Waals surface area (Å²) in [5.74, 6) is -1.05. The highest BCUT2D eigenvalue weighted by atomic mass is 16.6. The maximum Gasteiger partial charge on any atom is 0.308 e. The van der Waals surface area contributed by atoms with Gasteiger partial charge in [0.2, 0.25) is 0 Å². The Hall–Kier alpha value is -1.95. The molecule has 0 amide bonds. The average molecular weight is 278 g/mol. The van der Waals surface area contributed by atoms with Crippen LogP contribution >= 0.6 is 0 Å². The van der Waals surface area contributed by atoms with Crippen molar-refractivity contribution in [2.45, 2.75) is 19.9 Å². The van der Waals surface area contributed by atoms with Crippen LogP contribution < -0.4 is 0 Å². The largest absolute Gasteiger partial charge is 0.481 e. The van der Waals surface area contributed by atoms with E-state index in [1.165, 1.54) is 6.07 Å². The molecule has 3 atom stereocenters. The zero-order chi connectivity index (χ0) is 14.9. The Labute approximate surface area is 117 Å². The van der Waals surface area contributed by atoms with Crippen molar-refractivity contribution in [3.63, 3.8) is 0 Å². The summed E-state index contributed by atoms with van der Waals surface area (Å²) in [6.07, 6.45) is 0. The lowest BCUT2D eigenvalue weighted by Gasteiger charge is -2.24. The quantitative estimate of drug-likeness (QED) is 0.675. The van der Waals surface area contributed by atoms with E-state index in [4.69, 9.17) is 5.11 Å². The second-order valence-corrected chi connectivity index (χ2v) is 5.40. The lowest BCUT2D eigenvalue weighted by Crippen LogP contribution is -2.26. The molecule has 0 saturated carbocycles. The van der Waals surface area contributed by atoms with E-state index >= 15 is 0 Å². The topological polar surface area (TPSA) is 83.7 Å². The predicted molar refractivity (Wildman–Crippen MR) is 73.4 cm³/mol. The maximum atomic E-state index is 11.1. The van der Waals surface area contributed by atoms with Crippen LogP contribution in [0.3, 0.4) is 0 Å². The molecule has 1 fully saturated rings. The zero-order valence-electron chi connectivity index (χ0n) is 11.5. The van der Waals surface area contributed by atoms with Crippen molar-refractivity contribution < 1.29 is 14.8 Å². The lowest BCUT2D eigenvalue weighted by atomic mass is 9.99. The van der Waals surface area contributed by atoms with E-state index in [2.05, 4.69) is 4.90 Å². The van der Waals surface area contributed by atoms with Gasteiger partial charge in [-0.15, -0.1) is 0 Å². The third-order valence-corrected chi connectivity index (χ3v) is 4.07. The van der Waals surface area contributed by atoms with E-state index in [-0.39, 0.29) is 23.6 Å². The molecule has 6 heteroatoms. The van der Waals surface area contributed by atoms with Crippen LogP contribution in [0.15, 0.2) is 24.3 Å². The van der Waals surface area contributed by atoms with E-state index in [1.54, 1.807) is 12.1 Å². The lowest BCUT2D eigenvalue weighted by molar-refractivity contribution is -0.384. The van der Waals surface area contributed by atoms with Crippen LogP contribution in [0.5, 0.6) is 0 Å². The summed E-state index contributed by atoms with van der Waals surface area (Å²) in [7, 11) is 0. The smallest absolute Gasteiger partial charge is 0.308 e. The highest BCUT2D eigenvalue weighted by molar-refractivity contribution is 5.71. The van der Waals surface area contributed by atoms with Crippen LogP contribution in [0, 0.1) is 22.0 Å². The van der Waals surface area contributed by atoms with Crippen molar-refractivity contribution in [3.8, 4) is 0 Å². The minimum Gasteiger partial charge on any atom is -0.481 e. The molecule has 1 saturated heterocycles. The highest BCUT2D eigenvalue weighted by Crippen LogP contribution is 2.32. The summed E-state index contributed by atoms with van der Waals surface area (Å²) >= 11 is 0. The Kier molecular flexibility index (Phi) is 4.04. The van der Waals surface area contributed by atoms with E-state index in [9.17, 15) is 14.9 Å². The minimum absolute atomic E-state index is 0.0262. The number of hydrogen-bond donors (Lipinski definition) is 1.